The smallest absolute Gasteiger partial charge is 0.316 e. The number of methoxy groups -OCH3 is 1. The number of unbranched alkanes of at least 4 members (excludes halogenated alkanes) is 1. The fourth-order valence-electron chi connectivity index (χ4n) is 1.76. The minimum Gasteiger partial charge on any atom is -0.468 e. The Bertz CT molecular complexity index is 472. The number of halogens is 2. The average Bonchev–Trinajstić information content (AvgIpc) is 2.41. The van der Waals surface area contributed by atoms with Crippen molar-refractivity contribution in [1.82, 2.24) is 0 Å². The predicted octanol–water partition coefficient (Wildman–Crippen LogP) is 4.16. The molecule has 0 amide bonds. The summed E-state index contributed by atoms with van der Waals surface area (Å²) in [4.78, 5) is 24.0. The number of Topliss-reactive ketones (excluding diaryl/α,β-unsaturated/α-hetero) is 1. The quantitative estimate of drug-likeness (QED) is 0.450. The van der Waals surface area contributed by atoms with Crippen LogP contribution in [0.2, 0.25) is 10.0 Å². The van der Waals surface area contributed by atoms with Crippen LogP contribution in [0.15, 0.2) is 18.2 Å². The summed E-state index contributed by atoms with van der Waals surface area (Å²) >= 11 is 11.7. The van der Waals surface area contributed by atoms with Gasteiger partial charge in [-0.2, -0.15) is 0 Å². The molecule has 0 saturated heterocycles. The van der Waals surface area contributed by atoms with Gasteiger partial charge in [-0.1, -0.05) is 43.0 Å². The molecule has 19 heavy (non-hydrogen) atoms. The molecule has 1 aromatic carbocycles. The number of carbonyl (C=O) groups excluding carboxylic acids is 2. The van der Waals surface area contributed by atoms with E-state index in [2.05, 4.69) is 4.74 Å². The van der Waals surface area contributed by atoms with Crippen LogP contribution in [0, 0.1) is 5.92 Å². The summed E-state index contributed by atoms with van der Waals surface area (Å²) in [7, 11) is 1.28. The molecule has 1 rings (SSSR count). The third kappa shape index (κ3) is 4.22. The Morgan fingerprint density at radius 2 is 1.95 bits per heavy atom. The zero-order valence-electron chi connectivity index (χ0n) is 10.9. The lowest BCUT2D eigenvalue weighted by Crippen LogP contribution is -2.25. The highest BCUT2D eigenvalue weighted by atomic mass is 35.5. The second-order valence-corrected chi connectivity index (χ2v) is 5.03. The Labute approximate surface area is 122 Å². The molecular weight excluding hydrogens is 287 g/mol. The molecule has 0 radical (unpaired) electrons. The normalized spacial score (nSPS) is 12.0. The Hall–Kier alpha value is -1.06. The van der Waals surface area contributed by atoms with Gasteiger partial charge in [0.2, 0.25) is 0 Å². The van der Waals surface area contributed by atoms with Crippen molar-refractivity contribution in [1.29, 1.82) is 0 Å². The summed E-state index contributed by atoms with van der Waals surface area (Å²) < 4.78 is 4.69. The van der Waals surface area contributed by atoms with E-state index in [0.717, 1.165) is 12.8 Å². The molecule has 0 N–H and O–H groups in total. The van der Waals surface area contributed by atoms with Crippen LogP contribution in [0.4, 0.5) is 0 Å². The monoisotopic (exact) mass is 302 g/mol. The first kappa shape index (κ1) is 16.0. The molecule has 0 spiro atoms. The average molecular weight is 303 g/mol. The lowest BCUT2D eigenvalue weighted by molar-refractivity contribution is -0.143. The standard InChI is InChI=1S/C14H16Cl2O3/c1-3-4-5-10(14(18)19-2)13(17)9-6-7-11(15)12(16)8-9/h6-8,10H,3-5H2,1-2H3. The van der Waals surface area contributed by atoms with E-state index in [4.69, 9.17) is 23.2 Å². The maximum atomic E-state index is 12.3. The van der Waals surface area contributed by atoms with E-state index >= 15 is 0 Å². The van der Waals surface area contributed by atoms with Gasteiger partial charge in [0.05, 0.1) is 17.2 Å². The zero-order valence-corrected chi connectivity index (χ0v) is 12.4. The van der Waals surface area contributed by atoms with Crippen LogP contribution in [-0.2, 0) is 9.53 Å². The predicted molar refractivity (Wildman–Crippen MR) is 75.8 cm³/mol. The molecule has 1 atom stereocenters. The van der Waals surface area contributed by atoms with E-state index < -0.39 is 11.9 Å². The number of ketones is 1. The summed E-state index contributed by atoms with van der Waals surface area (Å²) in [5.41, 5.74) is 0.376. The van der Waals surface area contributed by atoms with Gasteiger partial charge in [0.15, 0.2) is 5.78 Å². The largest absolute Gasteiger partial charge is 0.468 e. The maximum Gasteiger partial charge on any atom is 0.316 e. The van der Waals surface area contributed by atoms with Gasteiger partial charge in [-0.3, -0.25) is 9.59 Å². The molecule has 3 nitrogen and oxygen atoms in total. The first-order valence-electron chi connectivity index (χ1n) is 6.08. The van der Waals surface area contributed by atoms with Crippen molar-refractivity contribution in [3.8, 4) is 0 Å². The maximum absolute atomic E-state index is 12.3. The van der Waals surface area contributed by atoms with Crippen molar-refractivity contribution in [3.63, 3.8) is 0 Å². The highest BCUT2D eigenvalue weighted by Gasteiger charge is 2.28. The van der Waals surface area contributed by atoms with Crippen LogP contribution in [-0.4, -0.2) is 18.9 Å². The number of hydrogen-bond acceptors (Lipinski definition) is 3. The number of esters is 1. The molecule has 0 fully saturated rings. The fraction of sp³-hybridized carbons (Fsp3) is 0.429. The number of rotatable bonds is 6. The number of hydrogen-bond donors (Lipinski definition) is 0. The van der Waals surface area contributed by atoms with Gasteiger partial charge in [-0.05, 0) is 24.6 Å². The molecule has 0 aromatic heterocycles. The molecule has 0 aliphatic carbocycles. The summed E-state index contributed by atoms with van der Waals surface area (Å²) in [6.45, 7) is 2.00. The Morgan fingerprint density at radius 3 is 2.47 bits per heavy atom. The van der Waals surface area contributed by atoms with Gasteiger partial charge in [-0.15, -0.1) is 0 Å². The molecule has 5 heteroatoms. The van der Waals surface area contributed by atoms with Crippen molar-refractivity contribution >= 4 is 35.0 Å². The van der Waals surface area contributed by atoms with E-state index in [9.17, 15) is 9.59 Å². The minimum atomic E-state index is -0.776. The van der Waals surface area contributed by atoms with Gasteiger partial charge < -0.3 is 4.74 Å². The van der Waals surface area contributed by atoms with Crippen LogP contribution < -0.4 is 0 Å². The summed E-state index contributed by atoms with van der Waals surface area (Å²) in [6.07, 6.45) is 2.16. The van der Waals surface area contributed by atoms with Gasteiger partial charge in [0, 0.05) is 5.56 Å². The van der Waals surface area contributed by atoms with Crippen LogP contribution in [0.5, 0.6) is 0 Å². The molecule has 0 aliphatic heterocycles. The van der Waals surface area contributed by atoms with Crippen LogP contribution in [0.3, 0.4) is 0 Å². The molecule has 104 valence electrons. The Balaban J connectivity index is 2.97. The van der Waals surface area contributed by atoms with Crippen LogP contribution in [0.1, 0.15) is 36.5 Å². The van der Waals surface area contributed by atoms with Crippen molar-refractivity contribution in [2.45, 2.75) is 26.2 Å². The van der Waals surface area contributed by atoms with Crippen molar-refractivity contribution in [3.05, 3.63) is 33.8 Å². The van der Waals surface area contributed by atoms with Crippen LogP contribution >= 0.6 is 23.2 Å². The summed E-state index contributed by atoms with van der Waals surface area (Å²) in [5.74, 6) is -1.56. The second kappa shape index (κ2) is 7.51. The Morgan fingerprint density at radius 1 is 1.26 bits per heavy atom. The lowest BCUT2D eigenvalue weighted by atomic mass is 9.93. The molecule has 0 aliphatic rings. The number of carbonyl (C=O) groups is 2. The third-order valence-corrected chi connectivity index (χ3v) is 3.59. The van der Waals surface area contributed by atoms with E-state index in [1.807, 2.05) is 6.92 Å². The third-order valence-electron chi connectivity index (χ3n) is 2.85. The van der Waals surface area contributed by atoms with Crippen molar-refractivity contribution in [2.75, 3.05) is 7.11 Å². The molecule has 1 unspecified atom stereocenters. The van der Waals surface area contributed by atoms with Gasteiger partial charge in [0.1, 0.15) is 5.92 Å². The number of benzene rings is 1. The van der Waals surface area contributed by atoms with E-state index in [0.29, 0.717) is 22.0 Å². The first-order valence-corrected chi connectivity index (χ1v) is 6.84. The first-order chi connectivity index (χ1) is 9.01. The molecule has 1 aromatic rings. The van der Waals surface area contributed by atoms with Crippen molar-refractivity contribution < 1.29 is 14.3 Å². The molecule has 0 saturated carbocycles. The van der Waals surface area contributed by atoms with Gasteiger partial charge >= 0.3 is 5.97 Å². The zero-order chi connectivity index (χ0) is 14.4. The molecule has 0 heterocycles. The minimum absolute atomic E-state index is 0.279. The van der Waals surface area contributed by atoms with Crippen LogP contribution in [0.25, 0.3) is 0 Å². The highest BCUT2D eigenvalue weighted by molar-refractivity contribution is 6.42. The molecule has 0 bridgehead atoms. The van der Waals surface area contributed by atoms with Gasteiger partial charge in [-0.25, -0.2) is 0 Å². The topological polar surface area (TPSA) is 43.4 Å². The van der Waals surface area contributed by atoms with E-state index in [1.165, 1.54) is 13.2 Å². The summed E-state index contributed by atoms with van der Waals surface area (Å²) in [5, 5.41) is 0.674. The summed E-state index contributed by atoms with van der Waals surface area (Å²) in [6, 6.07) is 4.60. The van der Waals surface area contributed by atoms with Crippen molar-refractivity contribution in [2.24, 2.45) is 5.92 Å². The Kier molecular flexibility index (Phi) is 6.32. The number of ether oxygens (including phenoxy) is 1. The second-order valence-electron chi connectivity index (χ2n) is 4.21. The fourth-order valence-corrected chi connectivity index (χ4v) is 2.06. The lowest BCUT2D eigenvalue weighted by Gasteiger charge is -2.13. The highest BCUT2D eigenvalue weighted by Crippen LogP contribution is 2.25. The molecular formula is C14H16Cl2O3. The van der Waals surface area contributed by atoms with Gasteiger partial charge in [0.25, 0.3) is 0 Å². The van der Waals surface area contributed by atoms with E-state index in [-0.39, 0.29) is 5.78 Å². The SMILES string of the molecule is CCCCC(C(=O)OC)C(=O)c1ccc(Cl)c(Cl)c1. The van der Waals surface area contributed by atoms with E-state index in [1.54, 1.807) is 12.1 Å².